The predicted molar refractivity (Wildman–Crippen MR) is 131 cm³/mol. The Morgan fingerprint density at radius 3 is 2.62 bits per heavy atom. The first-order valence-electron chi connectivity index (χ1n) is 9.41. The number of carbonyl (C=O) groups is 1. The molecule has 0 bridgehead atoms. The van der Waals surface area contributed by atoms with Crippen LogP contribution in [0.3, 0.4) is 0 Å². The van der Waals surface area contributed by atoms with Gasteiger partial charge in [0.15, 0.2) is 5.96 Å². The van der Waals surface area contributed by atoms with E-state index in [-0.39, 0.29) is 29.9 Å². The lowest BCUT2D eigenvalue weighted by molar-refractivity contribution is 0.0951. The van der Waals surface area contributed by atoms with Crippen LogP contribution >= 0.6 is 35.3 Å². The number of guanidine groups is 1. The first-order valence-corrected chi connectivity index (χ1v) is 10.2. The van der Waals surface area contributed by atoms with E-state index in [4.69, 9.17) is 0 Å². The minimum absolute atomic E-state index is 0. The Morgan fingerprint density at radius 1 is 1.21 bits per heavy atom. The average Bonchev–Trinajstić information content (AvgIpc) is 3.16. The maximum atomic E-state index is 12.3. The number of carbonyl (C=O) groups excluding carboxylic acids is 1. The molecule has 0 fully saturated rings. The Labute approximate surface area is 194 Å². The number of likely N-dealkylation sites (N-methyl/N-ethyl adjacent to an activating group) is 1. The number of benzene rings is 1. The minimum atomic E-state index is -0.0540. The molecule has 2 rings (SSSR count). The highest BCUT2D eigenvalue weighted by Crippen LogP contribution is 2.12. The molecule has 7 nitrogen and oxygen atoms in total. The van der Waals surface area contributed by atoms with Crippen molar-refractivity contribution in [1.82, 2.24) is 25.8 Å². The van der Waals surface area contributed by atoms with Crippen molar-refractivity contribution in [3.63, 3.8) is 0 Å². The Kier molecular flexibility index (Phi) is 11.8. The standard InChI is InChI=1S/C20H30N6OS.HI/c1-5-17-13-23-18(28-17)14-25-20(21-2)24-12-15-7-6-8-16(11-15)19(27)22-9-10-26(3)4;/h6-8,11,13H,5,9-10,12,14H2,1-4H3,(H,22,27)(H2,21,24,25);1H. The Bertz CT molecular complexity index is 793. The Hall–Kier alpha value is -1.72. The number of hydrogen-bond donors (Lipinski definition) is 3. The second-order valence-electron chi connectivity index (χ2n) is 6.61. The van der Waals surface area contributed by atoms with Crippen LogP contribution in [0.2, 0.25) is 0 Å². The van der Waals surface area contributed by atoms with E-state index in [0.29, 0.717) is 31.2 Å². The lowest BCUT2D eigenvalue weighted by Gasteiger charge is -2.12. The normalized spacial score (nSPS) is 11.1. The van der Waals surface area contributed by atoms with Gasteiger partial charge in [0.1, 0.15) is 5.01 Å². The van der Waals surface area contributed by atoms with E-state index < -0.39 is 0 Å². The number of nitrogens with zero attached hydrogens (tertiary/aromatic N) is 3. The lowest BCUT2D eigenvalue weighted by atomic mass is 10.1. The van der Waals surface area contributed by atoms with Gasteiger partial charge in [0.25, 0.3) is 5.91 Å². The van der Waals surface area contributed by atoms with Crippen LogP contribution in [0.15, 0.2) is 35.5 Å². The zero-order valence-electron chi connectivity index (χ0n) is 17.5. The van der Waals surface area contributed by atoms with Gasteiger partial charge in [0, 0.05) is 43.3 Å². The lowest BCUT2D eigenvalue weighted by Crippen LogP contribution is -2.36. The summed E-state index contributed by atoms with van der Waals surface area (Å²) in [5.41, 5.74) is 1.68. The van der Waals surface area contributed by atoms with Gasteiger partial charge in [-0.1, -0.05) is 19.1 Å². The quantitative estimate of drug-likeness (QED) is 0.264. The monoisotopic (exact) mass is 530 g/mol. The van der Waals surface area contributed by atoms with Gasteiger partial charge in [-0.15, -0.1) is 35.3 Å². The highest BCUT2D eigenvalue weighted by Gasteiger charge is 2.07. The van der Waals surface area contributed by atoms with E-state index >= 15 is 0 Å². The molecular formula is C20H31IN6OS. The summed E-state index contributed by atoms with van der Waals surface area (Å²) in [5, 5.41) is 10.5. The van der Waals surface area contributed by atoms with Crippen LogP contribution in [-0.4, -0.2) is 56.0 Å². The van der Waals surface area contributed by atoms with Gasteiger partial charge in [-0.2, -0.15) is 0 Å². The van der Waals surface area contributed by atoms with Crippen LogP contribution in [0.4, 0.5) is 0 Å². The molecule has 0 aliphatic carbocycles. The molecule has 0 radical (unpaired) electrons. The molecular weight excluding hydrogens is 499 g/mol. The molecule has 3 N–H and O–H groups in total. The smallest absolute Gasteiger partial charge is 0.251 e. The van der Waals surface area contributed by atoms with Crippen molar-refractivity contribution in [3.05, 3.63) is 51.5 Å². The molecule has 1 amide bonds. The summed E-state index contributed by atoms with van der Waals surface area (Å²) in [7, 11) is 5.70. The number of hydrogen-bond acceptors (Lipinski definition) is 5. The maximum absolute atomic E-state index is 12.3. The van der Waals surface area contributed by atoms with Gasteiger partial charge in [-0.25, -0.2) is 4.98 Å². The third-order valence-electron chi connectivity index (χ3n) is 4.07. The van der Waals surface area contributed by atoms with Crippen LogP contribution in [-0.2, 0) is 19.5 Å². The fourth-order valence-corrected chi connectivity index (χ4v) is 3.28. The molecule has 1 aromatic heterocycles. The molecule has 1 aromatic carbocycles. The van der Waals surface area contributed by atoms with E-state index in [1.807, 2.05) is 49.5 Å². The maximum Gasteiger partial charge on any atom is 0.251 e. The van der Waals surface area contributed by atoms with E-state index in [2.05, 4.69) is 32.9 Å². The molecule has 9 heteroatoms. The molecule has 0 atom stereocenters. The topological polar surface area (TPSA) is 81.6 Å². The summed E-state index contributed by atoms with van der Waals surface area (Å²) in [5.74, 6) is 0.649. The van der Waals surface area contributed by atoms with Crippen molar-refractivity contribution >= 4 is 47.2 Å². The van der Waals surface area contributed by atoms with Crippen molar-refractivity contribution in [1.29, 1.82) is 0 Å². The van der Waals surface area contributed by atoms with Crippen LogP contribution in [0.5, 0.6) is 0 Å². The molecule has 0 spiro atoms. The van der Waals surface area contributed by atoms with Gasteiger partial charge in [0.05, 0.1) is 6.54 Å². The Morgan fingerprint density at radius 2 is 1.97 bits per heavy atom. The summed E-state index contributed by atoms with van der Waals surface area (Å²) >= 11 is 1.71. The second-order valence-corrected chi connectivity index (χ2v) is 7.81. The molecule has 0 aliphatic rings. The average molecular weight is 530 g/mol. The first kappa shape index (κ1) is 25.3. The highest BCUT2D eigenvalue weighted by atomic mass is 127. The fourth-order valence-electron chi connectivity index (χ4n) is 2.48. The third kappa shape index (κ3) is 9.09. The second kappa shape index (κ2) is 13.5. The largest absolute Gasteiger partial charge is 0.352 e. The third-order valence-corrected chi connectivity index (χ3v) is 5.22. The minimum Gasteiger partial charge on any atom is -0.352 e. The number of aryl methyl sites for hydroxylation is 1. The van der Waals surface area contributed by atoms with Crippen LogP contribution in [0.1, 0.15) is 32.7 Å². The van der Waals surface area contributed by atoms with Gasteiger partial charge >= 0.3 is 0 Å². The molecule has 160 valence electrons. The zero-order chi connectivity index (χ0) is 20.4. The summed E-state index contributed by atoms with van der Waals surface area (Å²) in [4.78, 5) is 24.2. The number of aliphatic imine (C=N–C) groups is 1. The number of nitrogens with one attached hydrogen (secondary N) is 3. The van der Waals surface area contributed by atoms with Gasteiger partial charge in [-0.3, -0.25) is 9.79 Å². The zero-order valence-corrected chi connectivity index (χ0v) is 20.6. The molecule has 2 aromatic rings. The van der Waals surface area contributed by atoms with E-state index in [9.17, 15) is 4.79 Å². The number of thiazole rings is 1. The van der Waals surface area contributed by atoms with Gasteiger partial charge < -0.3 is 20.9 Å². The van der Waals surface area contributed by atoms with Gasteiger partial charge in [-0.05, 0) is 38.2 Å². The van der Waals surface area contributed by atoms with Crippen molar-refractivity contribution in [3.8, 4) is 0 Å². The van der Waals surface area contributed by atoms with Crippen molar-refractivity contribution in [2.24, 2.45) is 4.99 Å². The van der Waals surface area contributed by atoms with E-state index in [1.54, 1.807) is 18.4 Å². The van der Waals surface area contributed by atoms with Crippen molar-refractivity contribution in [2.75, 3.05) is 34.2 Å². The molecule has 0 saturated carbocycles. The molecule has 0 aliphatic heterocycles. The van der Waals surface area contributed by atoms with Crippen LogP contribution in [0.25, 0.3) is 0 Å². The molecule has 0 unspecified atom stereocenters. The summed E-state index contributed by atoms with van der Waals surface area (Å²) in [6.07, 6.45) is 2.93. The summed E-state index contributed by atoms with van der Waals surface area (Å²) in [6, 6.07) is 7.62. The number of aromatic nitrogens is 1. The van der Waals surface area contributed by atoms with E-state index in [1.165, 1.54) is 4.88 Å². The Balaban J connectivity index is 0.00000420. The predicted octanol–water partition coefficient (Wildman–Crippen LogP) is 2.48. The number of amides is 1. The van der Waals surface area contributed by atoms with Crippen molar-refractivity contribution < 1.29 is 4.79 Å². The van der Waals surface area contributed by atoms with Crippen LogP contribution < -0.4 is 16.0 Å². The molecule has 29 heavy (non-hydrogen) atoms. The van der Waals surface area contributed by atoms with E-state index in [0.717, 1.165) is 23.5 Å². The molecule has 1 heterocycles. The summed E-state index contributed by atoms with van der Waals surface area (Å²) in [6.45, 7) is 4.78. The molecule has 0 saturated heterocycles. The SMILES string of the molecule is CCc1cnc(CNC(=NC)NCc2cccc(C(=O)NCCN(C)C)c2)s1.I. The van der Waals surface area contributed by atoms with Crippen molar-refractivity contribution in [2.45, 2.75) is 26.4 Å². The highest BCUT2D eigenvalue weighted by molar-refractivity contribution is 14.0. The fraction of sp³-hybridized carbons (Fsp3) is 0.450. The van der Waals surface area contributed by atoms with Crippen LogP contribution in [0, 0.1) is 0 Å². The number of rotatable bonds is 9. The van der Waals surface area contributed by atoms with Gasteiger partial charge in [0.2, 0.25) is 0 Å². The first-order chi connectivity index (χ1) is 13.5. The summed E-state index contributed by atoms with van der Waals surface area (Å²) < 4.78 is 0. The number of halogens is 1.